The first-order chi connectivity index (χ1) is 31.2. The Hall–Kier alpha value is -8.54. The van der Waals surface area contributed by atoms with Crippen LogP contribution in [0.2, 0.25) is 0 Å². The van der Waals surface area contributed by atoms with Crippen molar-refractivity contribution in [3.8, 4) is 33.4 Å². The topological polar surface area (TPSA) is 55.3 Å². The third-order valence-electron chi connectivity index (χ3n) is 12.5. The number of hydrogen-bond acceptors (Lipinski definition) is 5. The average Bonchev–Trinajstić information content (AvgIpc) is 3.93. The van der Waals surface area contributed by atoms with Crippen LogP contribution in [0.4, 0.5) is 17.1 Å². The van der Waals surface area contributed by atoms with Gasteiger partial charge in [0.15, 0.2) is 11.2 Å². The summed E-state index contributed by atoms with van der Waals surface area (Å²) in [6, 6.07) is 71.3. The van der Waals surface area contributed by atoms with Crippen LogP contribution in [-0.4, -0.2) is 9.97 Å². The summed E-state index contributed by atoms with van der Waals surface area (Å²) in [5.41, 5.74) is 14.9. The fourth-order valence-electron chi connectivity index (χ4n) is 9.53. The Bertz CT molecular complexity index is 3760. The Morgan fingerprint density at radius 2 is 0.778 bits per heavy atom. The Morgan fingerprint density at radius 3 is 1.38 bits per heavy atom. The van der Waals surface area contributed by atoms with Crippen molar-refractivity contribution in [3.63, 3.8) is 0 Å². The van der Waals surface area contributed by atoms with Crippen molar-refractivity contribution in [2.45, 2.75) is 0 Å². The molecule has 0 saturated heterocycles. The van der Waals surface area contributed by atoms with E-state index in [1.807, 2.05) is 60.9 Å². The quantitative estimate of drug-likeness (QED) is 0.157. The van der Waals surface area contributed by atoms with E-state index in [4.69, 9.17) is 18.8 Å². The molecule has 0 radical (unpaired) electrons. The SMILES string of the molecule is c1ccc2cc(-c3ccc4c(ccc5cc(N(c6ccc(-c7cccc8oc9cccnc9c78)cc6)c6ccc(-c7cccc8oc9cccnc9c78)cc6)ccc54)c3)ccc2c1. The molecule has 5 nitrogen and oxygen atoms in total. The molecule has 5 heteroatoms. The van der Waals surface area contributed by atoms with Crippen LogP contribution in [0.5, 0.6) is 0 Å². The molecule has 0 fully saturated rings. The molecular formula is C58H35N3O2. The van der Waals surface area contributed by atoms with Crippen molar-refractivity contribution in [1.29, 1.82) is 0 Å². The zero-order valence-corrected chi connectivity index (χ0v) is 33.9. The standard InChI is InChI=1S/C58H35N3O2/c1-2-8-39-33-40(16-15-36(39)7-1)41-23-29-47-42(34-41)17-18-43-35-46(28-30-48(43)47)61(44-24-19-37(20-25-44)49-9-3-11-51-55(49)57-53(62-51)13-5-31-59-57)45-26-21-38(22-27-45)50-10-4-12-52-56(50)58-54(63-52)14-6-32-60-58/h1-35H. The molecule has 0 saturated carbocycles. The molecule has 0 aliphatic carbocycles. The summed E-state index contributed by atoms with van der Waals surface area (Å²) in [6.07, 6.45) is 3.65. The lowest BCUT2D eigenvalue weighted by Gasteiger charge is -2.26. The normalized spacial score (nSPS) is 11.8. The van der Waals surface area contributed by atoms with Gasteiger partial charge in [0, 0.05) is 29.5 Å². The summed E-state index contributed by atoms with van der Waals surface area (Å²) in [7, 11) is 0. The van der Waals surface area contributed by atoms with E-state index < -0.39 is 0 Å². The van der Waals surface area contributed by atoms with Crippen molar-refractivity contribution in [2.75, 3.05) is 4.90 Å². The van der Waals surface area contributed by atoms with Gasteiger partial charge in [-0.3, -0.25) is 9.97 Å². The first-order valence-corrected chi connectivity index (χ1v) is 21.2. The zero-order valence-electron chi connectivity index (χ0n) is 33.9. The highest BCUT2D eigenvalue weighted by Gasteiger charge is 2.19. The summed E-state index contributed by atoms with van der Waals surface area (Å²) >= 11 is 0. The molecule has 4 aromatic heterocycles. The predicted molar refractivity (Wildman–Crippen MR) is 260 cm³/mol. The molecule has 0 unspecified atom stereocenters. The van der Waals surface area contributed by atoms with E-state index in [-0.39, 0.29) is 0 Å². The highest BCUT2D eigenvalue weighted by Crippen LogP contribution is 2.42. The van der Waals surface area contributed by atoms with Crippen LogP contribution in [0.1, 0.15) is 0 Å². The van der Waals surface area contributed by atoms with E-state index in [9.17, 15) is 0 Å². The Labute approximate surface area is 361 Å². The largest absolute Gasteiger partial charge is 0.454 e. The Kier molecular flexibility index (Phi) is 7.84. The van der Waals surface area contributed by atoms with Gasteiger partial charge in [-0.25, -0.2) is 0 Å². The fourth-order valence-corrected chi connectivity index (χ4v) is 9.53. The van der Waals surface area contributed by atoms with E-state index >= 15 is 0 Å². The number of hydrogen-bond donors (Lipinski definition) is 0. The predicted octanol–water partition coefficient (Wildman–Crippen LogP) is 16.2. The van der Waals surface area contributed by atoms with Crippen molar-refractivity contribution in [3.05, 3.63) is 213 Å². The number of pyridine rings is 2. The van der Waals surface area contributed by atoms with Crippen LogP contribution < -0.4 is 4.90 Å². The van der Waals surface area contributed by atoms with Crippen molar-refractivity contribution >= 4 is 93.5 Å². The maximum atomic E-state index is 6.20. The first kappa shape index (κ1) is 35.2. The molecule has 0 atom stereocenters. The maximum absolute atomic E-state index is 6.20. The molecule has 0 aliphatic heterocycles. The summed E-state index contributed by atoms with van der Waals surface area (Å²) in [5.74, 6) is 0. The van der Waals surface area contributed by atoms with Crippen LogP contribution in [0, 0.1) is 0 Å². The van der Waals surface area contributed by atoms with Gasteiger partial charge in [0.2, 0.25) is 0 Å². The molecule has 294 valence electrons. The lowest BCUT2D eigenvalue weighted by Crippen LogP contribution is -2.09. The van der Waals surface area contributed by atoms with Gasteiger partial charge in [-0.05, 0) is 151 Å². The van der Waals surface area contributed by atoms with Gasteiger partial charge in [-0.15, -0.1) is 0 Å². The minimum atomic E-state index is 0.786. The number of fused-ring (bicyclic) bond motifs is 10. The molecule has 4 heterocycles. The third-order valence-corrected chi connectivity index (χ3v) is 12.5. The van der Waals surface area contributed by atoms with E-state index in [1.165, 1.54) is 43.4 Å². The maximum Gasteiger partial charge on any atom is 0.153 e. The van der Waals surface area contributed by atoms with Gasteiger partial charge >= 0.3 is 0 Å². The van der Waals surface area contributed by atoms with Crippen LogP contribution in [0.25, 0.3) is 110 Å². The number of aromatic nitrogens is 2. The van der Waals surface area contributed by atoms with Gasteiger partial charge in [-0.2, -0.15) is 0 Å². The Balaban J connectivity index is 0.919. The zero-order chi connectivity index (χ0) is 41.4. The van der Waals surface area contributed by atoms with Gasteiger partial charge in [-0.1, -0.05) is 115 Å². The van der Waals surface area contributed by atoms with Crippen LogP contribution in [0.3, 0.4) is 0 Å². The van der Waals surface area contributed by atoms with Gasteiger partial charge < -0.3 is 13.7 Å². The number of anilines is 3. The summed E-state index contributed by atoms with van der Waals surface area (Å²) in [6.45, 7) is 0. The van der Waals surface area contributed by atoms with Crippen LogP contribution >= 0.6 is 0 Å². The smallest absolute Gasteiger partial charge is 0.153 e. The number of rotatable bonds is 6. The summed E-state index contributed by atoms with van der Waals surface area (Å²) in [5, 5.41) is 9.39. The van der Waals surface area contributed by atoms with Gasteiger partial charge in [0.25, 0.3) is 0 Å². The molecule has 0 amide bonds. The molecule has 0 aliphatic rings. The second kappa shape index (κ2) is 14.0. The monoisotopic (exact) mass is 805 g/mol. The molecular weight excluding hydrogens is 771 g/mol. The van der Waals surface area contributed by atoms with Gasteiger partial charge in [0.1, 0.15) is 22.2 Å². The van der Waals surface area contributed by atoms with Crippen molar-refractivity contribution < 1.29 is 8.83 Å². The van der Waals surface area contributed by atoms with Gasteiger partial charge in [0.05, 0.1) is 10.8 Å². The minimum Gasteiger partial charge on any atom is -0.454 e. The summed E-state index contributed by atoms with van der Waals surface area (Å²) < 4.78 is 12.4. The molecule has 63 heavy (non-hydrogen) atoms. The number of nitrogens with zero attached hydrogens (tertiary/aromatic N) is 3. The van der Waals surface area contributed by atoms with Crippen molar-refractivity contribution in [2.24, 2.45) is 0 Å². The summed E-state index contributed by atoms with van der Waals surface area (Å²) in [4.78, 5) is 11.7. The highest BCUT2D eigenvalue weighted by atomic mass is 16.3. The molecule has 0 bridgehead atoms. The second-order valence-electron chi connectivity index (χ2n) is 16.2. The number of benzene rings is 9. The lowest BCUT2D eigenvalue weighted by molar-refractivity contribution is 0.668. The minimum absolute atomic E-state index is 0.786. The van der Waals surface area contributed by atoms with E-state index in [1.54, 1.807) is 0 Å². The van der Waals surface area contributed by atoms with Crippen LogP contribution in [0.15, 0.2) is 221 Å². The molecule has 13 aromatic rings. The van der Waals surface area contributed by atoms with Crippen LogP contribution in [-0.2, 0) is 0 Å². The van der Waals surface area contributed by atoms with Crippen molar-refractivity contribution in [1.82, 2.24) is 9.97 Å². The first-order valence-electron chi connectivity index (χ1n) is 21.2. The molecule has 0 spiro atoms. The second-order valence-corrected chi connectivity index (χ2v) is 16.2. The Morgan fingerprint density at radius 1 is 0.317 bits per heavy atom. The fraction of sp³-hybridized carbons (Fsp3) is 0. The molecule has 13 rings (SSSR count). The third kappa shape index (κ3) is 5.78. The van der Waals surface area contributed by atoms with E-state index in [2.05, 4.69) is 157 Å². The highest BCUT2D eigenvalue weighted by molar-refractivity contribution is 6.12. The molecule has 0 N–H and O–H groups in total. The lowest BCUT2D eigenvalue weighted by atomic mass is 9.96. The average molecular weight is 806 g/mol. The van der Waals surface area contributed by atoms with E-state index in [0.29, 0.717) is 0 Å². The number of furan rings is 2. The van der Waals surface area contributed by atoms with E-state index in [0.717, 1.165) is 83.5 Å². The molecule has 9 aromatic carbocycles.